The molecule has 0 aromatic heterocycles. The van der Waals surface area contributed by atoms with Crippen molar-refractivity contribution < 1.29 is 24.2 Å². The van der Waals surface area contributed by atoms with Gasteiger partial charge in [-0.05, 0) is 22.4 Å². The van der Waals surface area contributed by atoms with Gasteiger partial charge in [0.1, 0.15) is 6.10 Å². The summed E-state index contributed by atoms with van der Waals surface area (Å²) in [4.78, 5) is 22.8. The van der Waals surface area contributed by atoms with Gasteiger partial charge in [0.15, 0.2) is 0 Å². The molecule has 1 aliphatic heterocycles. The average Bonchev–Trinajstić information content (AvgIpc) is 2.49. The van der Waals surface area contributed by atoms with Crippen LogP contribution in [0.4, 0.5) is 0 Å². The van der Waals surface area contributed by atoms with Crippen LogP contribution in [-0.4, -0.2) is 34.8 Å². The van der Waals surface area contributed by atoms with Crippen LogP contribution in [-0.2, 0) is 19.1 Å². The number of esters is 2. The first kappa shape index (κ1) is 15.5. The Bertz CT molecular complexity index is 395. The van der Waals surface area contributed by atoms with E-state index in [-0.39, 0.29) is 15.9 Å². The highest BCUT2D eigenvalue weighted by Crippen LogP contribution is 2.39. The summed E-state index contributed by atoms with van der Waals surface area (Å²) in [5.74, 6) is -3.41. The molecule has 0 aromatic rings. The monoisotopic (exact) mass is 340 g/mol. The van der Waals surface area contributed by atoms with E-state index in [1.54, 1.807) is 0 Å². The van der Waals surface area contributed by atoms with Crippen LogP contribution in [0, 0.1) is 0 Å². The number of aliphatic hydroxyl groups is 1. The molecule has 7 heteroatoms. The standard InChI is InChI=1S/C11H14BrClO5/c1-3-4-7(17-6(2)14)8-9(12)11(16,5-13)18-10(8)15/h7,16H,3-5H2,1-2H3/t7-,11?/m1/s1. The van der Waals surface area contributed by atoms with Crippen LogP contribution in [0.1, 0.15) is 26.7 Å². The second kappa shape index (κ2) is 6.04. The van der Waals surface area contributed by atoms with E-state index in [1.807, 2.05) is 6.92 Å². The SMILES string of the molecule is CCC[C@@H](OC(C)=O)C1=C(Br)C(O)(CCl)OC1=O. The van der Waals surface area contributed by atoms with Crippen LogP contribution < -0.4 is 0 Å². The van der Waals surface area contributed by atoms with E-state index < -0.39 is 23.8 Å². The maximum Gasteiger partial charge on any atom is 0.341 e. The maximum atomic E-state index is 11.7. The van der Waals surface area contributed by atoms with Gasteiger partial charge >= 0.3 is 11.9 Å². The van der Waals surface area contributed by atoms with Crippen molar-refractivity contribution in [2.75, 3.05) is 5.88 Å². The molecule has 0 fully saturated rings. The molecular weight excluding hydrogens is 327 g/mol. The normalized spacial score (nSPS) is 25.1. The zero-order chi connectivity index (χ0) is 13.9. The zero-order valence-electron chi connectivity index (χ0n) is 10.0. The Balaban J connectivity index is 3.09. The van der Waals surface area contributed by atoms with Crippen molar-refractivity contribution in [3.05, 3.63) is 10.1 Å². The Morgan fingerprint density at radius 1 is 1.67 bits per heavy atom. The number of cyclic esters (lactones) is 1. The summed E-state index contributed by atoms with van der Waals surface area (Å²) < 4.78 is 10.00. The van der Waals surface area contributed by atoms with Crippen molar-refractivity contribution >= 4 is 39.5 Å². The van der Waals surface area contributed by atoms with Gasteiger partial charge in [-0.3, -0.25) is 4.79 Å². The van der Waals surface area contributed by atoms with Crippen LogP contribution in [0.25, 0.3) is 0 Å². The van der Waals surface area contributed by atoms with Crippen molar-refractivity contribution in [1.82, 2.24) is 0 Å². The van der Waals surface area contributed by atoms with Crippen LogP contribution in [0.5, 0.6) is 0 Å². The number of halogens is 2. The van der Waals surface area contributed by atoms with E-state index >= 15 is 0 Å². The first-order valence-corrected chi connectivity index (χ1v) is 6.77. The average molecular weight is 342 g/mol. The fourth-order valence-electron chi connectivity index (χ4n) is 1.64. The van der Waals surface area contributed by atoms with Gasteiger partial charge in [0.25, 0.3) is 5.79 Å². The number of alkyl halides is 1. The van der Waals surface area contributed by atoms with E-state index in [4.69, 9.17) is 21.1 Å². The molecule has 0 aliphatic carbocycles. The van der Waals surface area contributed by atoms with Gasteiger partial charge in [0, 0.05) is 6.92 Å². The predicted molar refractivity (Wildman–Crippen MR) is 68.2 cm³/mol. The summed E-state index contributed by atoms with van der Waals surface area (Å²) in [5.41, 5.74) is 0.107. The Kier molecular flexibility index (Phi) is 5.19. The Morgan fingerprint density at radius 3 is 2.67 bits per heavy atom. The Labute approximate surface area is 118 Å². The van der Waals surface area contributed by atoms with E-state index in [0.717, 1.165) is 0 Å². The first-order valence-electron chi connectivity index (χ1n) is 5.44. The van der Waals surface area contributed by atoms with Crippen LogP contribution in [0.2, 0.25) is 0 Å². The van der Waals surface area contributed by atoms with Crippen LogP contribution >= 0.6 is 27.5 Å². The van der Waals surface area contributed by atoms with Crippen molar-refractivity contribution in [3.63, 3.8) is 0 Å². The second-order valence-corrected chi connectivity index (χ2v) is 4.98. The molecule has 0 bridgehead atoms. The van der Waals surface area contributed by atoms with Crippen molar-refractivity contribution in [2.24, 2.45) is 0 Å². The van der Waals surface area contributed by atoms with Crippen molar-refractivity contribution in [3.8, 4) is 0 Å². The number of carbonyl (C=O) groups excluding carboxylic acids is 2. The molecule has 1 unspecified atom stereocenters. The van der Waals surface area contributed by atoms with Gasteiger partial charge in [-0.2, -0.15) is 0 Å². The summed E-state index contributed by atoms with van der Waals surface area (Å²) in [7, 11) is 0. The molecule has 0 saturated carbocycles. The molecule has 5 nitrogen and oxygen atoms in total. The lowest BCUT2D eigenvalue weighted by Gasteiger charge is -2.18. The van der Waals surface area contributed by atoms with Crippen molar-refractivity contribution in [1.29, 1.82) is 0 Å². The van der Waals surface area contributed by atoms with Gasteiger partial charge in [0.2, 0.25) is 0 Å². The van der Waals surface area contributed by atoms with Crippen LogP contribution in [0.15, 0.2) is 10.1 Å². The van der Waals surface area contributed by atoms with Gasteiger partial charge in [-0.15, -0.1) is 11.6 Å². The van der Waals surface area contributed by atoms with E-state index in [0.29, 0.717) is 12.8 Å². The summed E-state index contributed by atoms with van der Waals surface area (Å²) in [6.45, 7) is 3.14. The van der Waals surface area contributed by atoms with Crippen molar-refractivity contribution in [2.45, 2.75) is 38.6 Å². The molecule has 18 heavy (non-hydrogen) atoms. The third-order valence-corrected chi connectivity index (χ3v) is 3.83. The fourth-order valence-corrected chi connectivity index (χ4v) is 2.62. The van der Waals surface area contributed by atoms with Gasteiger partial charge in [-0.1, -0.05) is 13.3 Å². The largest absolute Gasteiger partial charge is 0.457 e. The number of ether oxygens (including phenoxy) is 2. The van der Waals surface area contributed by atoms with Crippen LogP contribution in [0.3, 0.4) is 0 Å². The fraction of sp³-hybridized carbons (Fsp3) is 0.636. The quantitative estimate of drug-likeness (QED) is 0.610. The topological polar surface area (TPSA) is 72.8 Å². The minimum Gasteiger partial charge on any atom is -0.457 e. The number of hydrogen-bond acceptors (Lipinski definition) is 5. The highest BCUT2D eigenvalue weighted by molar-refractivity contribution is 9.11. The molecule has 0 aromatic carbocycles. The molecule has 1 rings (SSSR count). The minimum atomic E-state index is -1.87. The molecule has 0 amide bonds. The molecule has 0 saturated heterocycles. The third kappa shape index (κ3) is 3.05. The Morgan fingerprint density at radius 2 is 2.28 bits per heavy atom. The molecule has 1 aliphatic rings. The summed E-state index contributed by atoms with van der Waals surface area (Å²) >= 11 is 8.66. The zero-order valence-corrected chi connectivity index (χ0v) is 12.4. The van der Waals surface area contributed by atoms with Gasteiger partial charge in [0.05, 0.1) is 15.9 Å². The lowest BCUT2D eigenvalue weighted by atomic mass is 10.0. The Hall–Kier alpha value is -0.590. The maximum absolute atomic E-state index is 11.7. The molecule has 102 valence electrons. The molecule has 0 radical (unpaired) electrons. The molecule has 1 N–H and O–H groups in total. The van der Waals surface area contributed by atoms with Gasteiger partial charge < -0.3 is 14.6 Å². The predicted octanol–water partition coefficient (Wildman–Crippen LogP) is 1.85. The lowest BCUT2D eigenvalue weighted by molar-refractivity contribution is -0.173. The smallest absolute Gasteiger partial charge is 0.341 e. The summed E-state index contributed by atoms with van der Waals surface area (Å²) in [6, 6.07) is 0. The second-order valence-electron chi connectivity index (χ2n) is 3.92. The minimum absolute atomic E-state index is 0.107. The first-order chi connectivity index (χ1) is 8.35. The summed E-state index contributed by atoms with van der Waals surface area (Å²) in [6.07, 6.45) is 0.415. The molecular formula is C11H14BrClO5. The number of hydrogen-bond donors (Lipinski definition) is 1. The number of rotatable bonds is 5. The highest BCUT2D eigenvalue weighted by atomic mass is 79.9. The van der Waals surface area contributed by atoms with E-state index in [2.05, 4.69) is 15.9 Å². The summed E-state index contributed by atoms with van der Waals surface area (Å²) in [5, 5.41) is 9.94. The lowest BCUT2D eigenvalue weighted by Crippen LogP contribution is -2.31. The molecule has 2 atom stereocenters. The van der Waals surface area contributed by atoms with Gasteiger partial charge in [-0.25, -0.2) is 4.79 Å². The third-order valence-electron chi connectivity index (χ3n) is 2.42. The van der Waals surface area contributed by atoms with E-state index in [9.17, 15) is 14.7 Å². The number of carbonyl (C=O) groups is 2. The molecule has 0 spiro atoms. The molecule has 1 heterocycles. The van der Waals surface area contributed by atoms with E-state index in [1.165, 1.54) is 6.92 Å². The highest BCUT2D eigenvalue weighted by Gasteiger charge is 2.47.